The van der Waals surface area contributed by atoms with Crippen LogP contribution in [0.25, 0.3) is 0 Å². The van der Waals surface area contributed by atoms with Crippen molar-refractivity contribution in [3.8, 4) is 0 Å². The summed E-state index contributed by atoms with van der Waals surface area (Å²) in [5.41, 5.74) is 0.601. The van der Waals surface area contributed by atoms with Crippen LogP contribution in [0.15, 0.2) is 18.3 Å². The highest BCUT2D eigenvalue weighted by atomic mass is 16.1. The van der Waals surface area contributed by atoms with Gasteiger partial charge < -0.3 is 20.4 Å². The zero-order valence-corrected chi connectivity index (χ0v) is 14.2. The van der Waals surface area contributed by atoms with Crippen LogP contribution in [0.1, 0.15) is 23.2 Å². The number of rotatable bonds is 10. The van der Waals surface area contributed by atoms with Crippen LogP contribution in [-0.2, 0) is 0 Å². The molecular formula is C16H29N5O. The van der Waals surface area contributed by atoms with Gasteiger partial charge in [-0.2, -0.15) is 0 Å². The van der Waals surface area contributed by atoms with E-state index in [0.717, 1.165) is 38.3 Å². The Labute approximate surface area is 133 Å². The lowest BCUT2D eigenvalue weighted by atomic mass is 10.2. The summed E-state index contributed by atoms with van der Waals surface area (Å²) in [6, 6.07) is 3.66. The van der Waals surface area contributed by atoms with Gasteiger partial charge in [-0.1, -0.05) is 0 Å². The fourth-order valence-corrected chi connectivity index (χ4v) is 1.94. The molecule has 1 rings (SSSR count). The molecule has 0 unspecified atom stereocenters. The Bertz CT molecular complexity index is 431. The van der Waals surface area contributed by atoms with Gasteiger partial charge in [0.1, 0.15) is 5.82 Å². The second-order valence-electron chi connectivity index (χ2n) is 5.93. The van der Waals surface area contributed by atoms with Gasteiger partial charge in [0.15, 0.2) is 0 Å². The maximum Gasteiger partial charge on any atom is 0.252 e. The Morgan fingerprint density at radius 3 is 2.23 bits per heavy atom. The van der Waals surface area contributed by atoms with Crippen LogP contribution in [0.4, 0.5) is 5.82 Å². The highest BCUT2D eigenvalue weighted by Gasteiger charge is 2.05. The van der Waals surface area contributed by atoms with Crippen LogP contribution in [-0.4, -0.2) is 75.1 Å². The third-order valence-corrected chi connectivity index (χ3v) is 3.18. The fourth-order valence-electron chi connectivity index (χ4n) is 1.94. The van der Waals surface area contributed by atoms with Gasteiger partial charge in [-0.15, -0.1) is 0 Å². The number of nitrogens with one attached hydrogen (secondary N) is 2. The molecule has 1 amide bonds. The topological polar surface area (TPSA) is 60.5 Å². The van der Waals surface area contributed by atoms with E-state index in [4.69, 9.17) is 0 Å². The summed E-state index contributed by atoms with van der Waals surface area (Å²) in [7, 11) is 8.17. The molecule has 0 fully saturated rings. The molecule has 1 aromatic heterocycles. The Hall–Kier alpha value is -1.66. The van der Waals surface area contributed by atoms with Gasteiger partial charge in [-0.25, -0.2) is 4.98 Å². The lowest BCUT2D eigenvalue weighted by Gasteiger charge is -2.11. The zero-order valence-electron chi connectivity index (χ0n) is 14.2. The predicted molar refractivity (Wildman–Crippen MR) is 91.4 cm³/mol. The largest absolute Gasteiger partial charge is 0.370 e. The second kappa shape index (κ2) is 10.1. The van der Waals surface area contributed by atoms with Crippen molar-refractivity contribution in [3.63, 3.8) is 0 Å². The molecule has 0 aliphatic carbocycles. The Balaban J connectivity index is 2.29. The summed E-state index contributed by atoms with van der Waals surface area (Å²) in [5.74, 6) is 0.744. The quantitative estimate of drug-likeness (QED) is 0.635. The van der Waals surface area contributed by atoms with E-state index in [2.05, 4.69) is 39.5 Å². The number of pyridine rings is 1. The summed E-state index contributed by atoms with van der Waals surface area (Å²) in [6.45, 7) is 3.57. The van der Waals surface area contributed by atoms with Gasteiger partial charge in [0.25, 0.3) is 5.91 Å². The Morgan fingerprint density at radius 2 is 1.68 bits per heavy atom. The van der Waals surface area contributed by atoms with E-state index in [1.54, 1.807) is 6.20 Å². The van der Waals surface area contributed by atoms with Gasteiger partial charge in [-0.05, 0) is 66.3 Å². The SMILES string of the molecule is CN(C)CCCNC(=O)c1ccc(NCCCN(C)C)nc1. The summed E-state index contributed by atoms with van der Waals surface area (Å²) < 4.78 is 0. The molecule has 6 nitrogen and oxygen atoms in total. The lowest BCUT2D eigenvalue weighted by molar-refractivity contribution is 0.0952. The fraction of sp³-hybridized carbons (Fsp3) is 0.625. The number of aromatic nitrogens is 1. The maximum absolute atomic E-state index is 11.9. The van der Waals surface area contributed by atoms with Crippen LogP contribution in [0.5, 0.6) is 0 Å². The monoisotopic (exact) mass is 307 g/mol. The predicted octanol–water partition coefficient (Wildman–Crippen LogP) is 1.13. The molecule has 0 radical (unpaired) electrons. The summed E-state index contributed by atoms with van der Waals surface area (Å²) in [5, 5.41) is 6.16. The van der Waals surface area contributed by atoms with E-state index in [9.17, 15) is 4.79 Å². The van der Waals surface area contributed by atoms with Crippen LogP contribution in [0.3, 0.4) is 0 Å². The summed E-state index contributed by atoms with van der Waals surface area (Å²) in [6.07, 6.45) is 3.62. The second-order valence-corrected chi connectivity index (χ2v) is 5.93. The number of carbonyl (C=O) groups is 1. The van der Waals surface area contributed by atoms with Crippen molar-refractivity contribution >= 4 is 11.7 Å². The minimum Gasteiger partial charge on any atom is -0.370 e. The molecule has 1 aromatic rings. The molecule has 0 aromatic carbocycles. The number of nitrogens with zero attached hydrogens (tertiary/aromatic N) is 3. The third-order valence-electron chi connectivity index (χ3n) is 3.18. The van der Waals surface area contributed by atoms with Crippen molar-refractivity contribution in [3.05, 3.63) is 23.9 Å². The minimum atomic E-state index is -0.0644. The summed E-state index contributed by atoms with van der Waals surface area (Å²) >= 11 is 0. The minimum absolute atomic E-state index is 0.0644. The number of hydrogen-bond acceptors (Lipinski definition) is 5. The van der Waals surface area contributed by atoms with Crippen molar-refractivity contribution in [1.29, 1.82) is 0 Å². The number of amides is 1. The van der Waals surface area contributed by atoms with Gasteiger partial charge in [0.05, 0.1) is 5.56 Å². The number of hydrogen-bond donors (Lipinski definition) is 2. The highest BCUT2D eigenvalue weighted by Crippen LogP contribution is 2.05. The standard InChI is InChI=1S/C16H29N5O/c1-20(2)11-5-9-17-15-8-7-14(13-19-15)16(22)18-10-6-12-21(3)4/h7-8,13H,5-6,9-12H2,1-4H3,(H,17,19)(H,18,22). The average molecular weight is 307 g/mol. The van der Waals surface area contributed by atoms with E-state index >= 15 is 0 Å². The zero-order chi connectivity index (χ0) is 16.4. The van der Waals surface area contributed by atoms with Crippen LogP contribution < -0.4 is 10.6 Å². The first-order valence-corrected chi connectivity index (χ1v) is 7.76. The molecule has 0 aliphatic heterocycles. The number of anilines is 1. The van der Waals surface area contributed by atoms with Gasteiger partial charge in [0, 0.05) is 19.3 Å². The molecule has 1 heterocycles. The van der Waals surface area contributed by atoms with Gasteiger partial charge >= 0.3 is 0 Å². The molecule has 2 N–H and O–H groups in total. The van der Waals surface area contributed by atoms with Crippen LogP contribution >= 0.6 is 0 Å². The highest BCUT2D eigenvalue weighted by molar-refractivity contribution is 5.93. The molecule has 0 saturated carbocycles. The molecule has 0 saturated heterocycles. The molecule has 6 heteroatoms. The molecule has 0 bridgehead atoms. The normalized spacial score (nSPS) is 11.0. The van der Waals surface area contributed by atoms with E-state index in [1.165, 1.54) is 0 Å². The van der Waals surface area contributed by atoms with Gasteiger partial charge in [-0.3, -0.25) is 4.79 Å². The molecule has 0 spiro atoms. The van der Waals surface area contributed by atoms with Crippen LogP contribution in [0, 0.1) is 0 Å². The van der Waals surface area contributed by atoms with Crippen molar-refractivity contribution in [2.75, 3.05) is 59.7 Å². The van der Waals surface area contributed by atoms with Crippen molar-refractivity contribution in [2.45, 2.75) is 12.8 Å². The molecule has 124 valence electrons. The van der Waals surface area contributed by atoms with Crippen molar-refractivity contribution in [1.82, 2.24) is 20.1 Å². The molecule has 22 heavy (non-hydrogen) atoms. The van der Waals surface area contributed by atoms with Gasteiger partial charge in [0.2, 0.25) is 0 Å². The molecule has 0 atom stereocenters. The third kappa shape index (κ3) is 7.95. The first kappa shape index (κ1) is 18.4. The van der Waals surface area contributed by atoms with Crippen LogP contribution in [0.2, 0.25) is 0 Å². The van der Waals surface area contributed by atoms with E-state index in [0.29, 0.717) is 12.1 Å². The molecular weight excluding hydrogens is 278 g/mol. The smallest absolute Gasteiger partial charge is 0.252 e. The lowest BCUT2D eigenvalue weighted by Crippen LogP contribution is -2.27. The Morgan fingerprint density at radius 1 is 1.05 bits per heavy atom. The van der Waals surface area contributed by atoms with Crippen molar-refractivity contribution < 1.29 is 4.79 Å². The first-order chi connectivity index (χ1) is 10.5. The maximum atomic E-state index is 11.9. The summed E-state index contributed by atoms with van der Waals surface area (Å²) in [4.78, 5) is 20.5. The molecule has 0 aliphatic rings. The number of carbonyl (C=O) groups excluding carboxylic acids is 1. The Kier molecular flexibility index (Phi) is 8.47. The van der Waals surface area contributed by atoms with E-state index in [1.807, 2.05) is 26.2 Å². The first-order valence-electron chi connectivity index (χ1n) is 7.76. The van der Waals surface area contributed by atoms with Crippen molar-refractivity contribution in [2.24, 2.45) is 0 Å². The van der Waals surface area contributed by atoms with E-state index < -0.39 is 0 Å². The average Bonchev–Trinajstić information content (AvgIpc) is 2.48. The van der Waals surface area contributed by atoms with E-state index in [-0.39, 0.29) is 5.91 Å².